The molecule has 0 radical (unpaired) electrons. The zero-order valence-corrected chi connectivity index (χ0v) is 24.0. The van der Waals surface area contributed by atoms with Crippen molar-refractivity contribution in [3.05, 3.63) is 95.9 Å². The number of piperazine rings is 1. The number of benzene rings is 1. The van der Waals surface area contributed by atoms with Crippen molar-refractivity contribution in [1.82, 2.24) is 24.8 Å². The topological polar surface area (TPSA) is 57.2 Å². The monoisotopic (exact) mass is 530 g/mol. The van der Waals surface area contributed by atoms with Crippen molar-refractivity contribution in [1.29, 1.82) is 0 Å². The highest BCUT2D eigenvalue weighted by Crippen LogP contribution is 2.28. The van der Waals surface area contributed by atoms with E-state index in [0.29, 0.717) is 6.54 Å². The van der Waals surface area contributed by atoms with Crippen molar-refractivity contribution >= 4 is 5.82 Å². The lowest BCUT2D eigenvalue weighted by Gasteiger charge is -2.41. The van der Waals surface area contributed by atoms with Crippen LogP contribution in [0.25, 0.3) is 22.5 Å². The maximum absolute atomic E-state index is 4.90. The van der Waals surface area contributed by atoms with E-state index in [1.807, 2.05) is 55.7 Å². The Bertz CT molecular complexity index is 1490. The number of hydrogen-bond donors (Lipinski definition) is 1. The van der Waals surface area contributed by atoms with Crippen LogP contribution < -0.4 is 5.32 Å². The first-order chi connectivity index (χ1) is 19.3. The molecule has 4 aromatic rings. The van der Waals surface area contributed by atoms with E-state index in [-0.39, 0.29) is 5.54 Å². The molecule has 0 unspecified atom stereocenters. The van der Waals surface area contributed by atoms with Gasteiger partial charge in [-0.05, 0) is 69.2 Å². The molecule has 1 N–H and O–H groups in total. The summed E-state index contributed by atoms with van der Waals surface area (Å²) in [6.07, 6.45) is 3.73. The van der Waals surface area contributed by atoms with Crippen LogP contribution in [0.4, 0.5) is 5.82 Å². The Balaban J connectivity index is 1.35. The number of nitrogens with zero attached hydrogens (tertiary/aromatic N) is 5. The van der Waals surface area contributed by atoms with Gasteiger partial charge in [-0.2, -0.15) is 0 Å². The third-order valence-electron chi connectivity index (χ3n) is 7.22. The second-order valence-electron chi connectivity index (χ2n) is 11.3. The van der Waals surface area contributed by atoms with Gasteiger partial charge in [0.05, 0.1) is 17.9 Å². The Labute approximate surface area is 238 Å². The maximum atomic E-state index is 4.90. The molecular weight excluding hydrogens is 492 g/mol. The summed E-state index contributed by atoms with van der Waals surface area (Å²) < 4.78 is 0. The van der Waals surface area contributed by atoms with Crippen molar-refractivity contribution in [2.45, 2.75) is 39.8 Å². The molecule has 204 valence electrons. The molecule has 1 aliphatic rings. The quantitative estimate of drug-likeness (QED) is 0.314. The van der Waals surface area contributed by atoms with E-state index in [4.69, 9.17) is 9.97 Å². The van der Waals surface area contributed by atoms with Gasteiger partial charge in [0.15, 0.2) is 0 Å². The highest BCUT2D eigenvalue weighted by molar-refractivity contribution is 5.73. The predicted molar refractivity (Wildman–Crippen MR) is 164 cm³/mol. The zero-order chi connectivity index (χ0) is 28.0. The molecule has 1 fully saturated rings. The van der Waals surface area contributed by atoms with Crippen LogP contribution in [-0.2, 0) is 6.54 Å². The normalized spacial score (nSPS) is 14.4. The Morgan fingerprint density at radius 1 is 0.825 bits per heavy atom. The van der Waals surface area contributed by atoms with E-state index in [2.05, 4.69) is 83.0 Å². The molecule has 5 rings (SSSR count). The van der Waals surface area contributed by atoms with Crippen molar-refractivity contribution in [2.24, 2.45) is 0 Å². The predicted octanol–water partition coefficient (Wildman–Crippen LogP) is 5.89. The maximum Gasteiger partial charge on any atom is 0.127 e. The molecule has 0 atom stereocenters. The molecule has 0 bridgehead atoms. The first kappa shape index (κ1) is 27.5. The van der Waals surface area contributed by atoms with E-state index in [0.717, 1.165) is 72.3 Å². The number of aromatic nitrogens is 3. The minimum Gasteiger partial charge on any atom is -0.366 e. The first-order valence-electron chi connectivity index (χ1n) is 14.0. The molecule has 1 saturated heterocycles. The first-order valence-corrected chi connectivity index (χ1v) is 14.0. The van der Waals surface area contributed by atoms with Crippen LogP contribution in [0.5, 0.6) is 0 Å². The Kier molecular flexibility index (Phi) is 8.54. The van der Waals surface area contributed by atoms with Gasteiger partial charge in [-0.3, -0.25) is 19.8 Å². The zero-order valence-electron chi connectivity index (χ0n) is 24.0. The molecular formula is C34H38N6. The number of nitrogens with one attached hydrogen (secondary N) is 1. The van der Waals surface area contributed by atoms with Gasteiger partial charge in [0.1, 0.15) is 5.82 Å². The van der Waals surface area contributed by atoms with Gasteiger partial charge in [0.2, 0.25) is 0 Å². The van der Waals surface area contributed by atoms with Gasteiger partial charge in [0.25, 0.3) is 0 Å². The lowest BCUT2D eigenvalue weighted by molar-refractivity contribution is 0.0683. The number of anilines is 1. The molecule has 0 amide bonds. The lowest BCUT2D eigenvalue weighted by Crippen LogP contribution is -2.53. The van der Waals surface area contributed by atoms with Gasteiger partial charge in [-0.15, -0.1) is 0 Å². The second-order valence-corrected chi connectivity index (χ2v) is 11.3. The van der Waals surface area contributed by atoms with Gasteiger partial charge in [-0.25, -0.2) is 4.98 Å². The Morgan fingerprint density at radius 3 is 2.38 bits per heavy atom. The highest BCUT2D eigenvalue weighted by Gasteiger charge is 2.25. The summed E-state index contributed by atoms with van der Waals surface area (Å²) >= 11 is 0. The highest BCUT2D eigenvalue weighted by atomic mass is 15.3. The minimum atomic E-state index is 0.225. The fraction of sp³-hybridized carbons (Fsp3) is 0.324. The van der Waals surface area contributed by atoms with Crippen molar-refractivity contribution in [2.75, 3.05) is 38.0 Å². The van der Waals surface area contributed by atoms with Gasteiger partial charge < -0.3 is 5.32 Å². The Morgan fingerprint density at radius 2 is 1.62 bits per heavy atom. The van der Waals surface area contributed by atoms with E-state index in [1.165, 1.54) is 5.56 Å². The summed E-state index contributed by atoms with van der Waals surface area (Å²) in [7, 11) is 0. The number of hydrogen-bond acceptors (Lipinski definition) is 6. The smallest absolute Gasteiger partial charge is 0.127 e. The third-order valence-corrected chi connectivity index (χ3v) is 7.22. The second kappa shape index (κ2) is 12.4. The van der Waals surface area contributed by atoms with Crippen LogP contribution in [0.2, 0.25) is 0 Å². The van der Waals surface area contributed by atoms with Crippen LogP contribution in [0.3, 0.4) is 0 Å². The van der Waals surface area contributed by atoms with E-state index in [1.54, 1.807) is 0 Å². The molecule has 4 heterocycles. The van der Waals surface area contributed by atoms with Crippen LogP contribution in [0.1, 0.15) is 37.6 Å². The fourth-order valence-corrected chi connectivity index (χ4v) is 4.89. The van der Waals surface area contributed by atoms with Gasteiger partial charge >= 0.3 is 0 Å². The molecule has 3 aromatic heterocycles. The summed E-state index contributed by atoms with van der Waals surface area (Å²) in [5.41, 5.74) is 7.00. The summed E-state index contributed by atoms with van der Waals surface area (Å²) in [6.45, 7) is 14.6. The average molecular weight is 531 g/mol. The minimum absolute atomic E-state index is 0.225. The standard InChI is InChI=1S/C34H38N6/c1-26-10-8-14-31(37-26)32-21-29(22-33(38-32)36-24-27-11-6-5-7-12-27)30-20-28(23-35-25-30)13-9-15-39-16-18-40(19-17-39)34(2,3)4/h5-8,10-12,14,20-23,25H,15-19,24H2,1-4H3,(H,36,38). The summed E-state index contributed by atoms with van der Waals surface area (Å²) in [5.74, 6) is 7.52. The van der Waals surface area contributed by atoms with Crippen molar-refractivity contribution in [3.8, 4) is 34.4 Å². The van der Waals surface area contributed by atoms with Crippen molar-refractivity contribution < 1.29 is 0 Å². The Hall–Kier alpha value is -4.05. The molecule has 0 spiro atoms. The number of aryl methyl sites for hydroxylation is 1. The molecule has 1 aromatic carbocycles. The van der Waals surface area contributed by atoms with E-state index in [9.17, 15) is 0 Å². The van der Waals surface area contributed by atoms with Crippen LogP contribution in [0.15, 0.2) is 79.1 Å². The molecule has 1 aliphatic heterocycles. The largest absolute Gasteiger partial charge is 0.366 e. The van der Waals surface area contributed by atoms with Crippen LogP contribution in [-0.4, -0.2) is 63.0 Å². The number of rotatable bonds is 6. The van der Waals surface area contributed by atoms with Gasteiger partial charge in [-0.1, -0.05) is 48.2 Å². The SMILES string of the molecule is Cc1cccc(-c2cc(-c3cncc(C#CCN4CCN(C(C)(C)C)CC4)c3)cc(NCc3ccccc3)n2)n1. The molecule has 6 nitrogen and oxygen atoms in total. The van der Waals surface area contributed by atoms with Crippen LogP contribution in [0, 0.1) is 18.8 Å². The summed E-state index contributed by atoms with van der Waals surface area (Å²) in [5, 5.41) is 3.50. The third kappa shape index (κ3) is 7.32. The lowest BCUT2D eigenvalue weighted by atomic mass is 10.0. The van der Waals surface area contributed by atoms with E-state index >= 15 is 0 Å². The summed E-state index contributed by atoms with van der Waals surface area (Å²) in [6, 6.07) is 22.6. The van der Waals surface area contributed by atoms with Gasteiger partial charge in [0, 0.05) is 67.5 Å². The van der Waals surface area contributed by atoms with Crippen molar-refractivity contribution in [3.63, 3.8) is 0 Å². The average Bonchev–Trinajstić information content (AvgIpc) is 2.96. The van der Waals surface area contributed by atoms with Crippen LogP contribution >= 0.6 is 0 Å². The molecule has 6 heteroatoms. The molecule has 0 aliphatic carbocycles. The molecule has 0 saturated carbocycles. The molecule has 40 heavy (non-hydrogen) atoms. The fourth-order valence-electron chi connectivity index (χ4n) is 4.89. The van der Waals surface area contributed by atoms with E-state index < -0.39 is 0 Å². The number of pyridine rings is 3. The summed E-state index contributed by atoms with van der Waals surface area (Å²) in [4.78, 5) is 19.1.